The van der Waals surface area contributed by atoms with Crippen LogP contribution in [0.1, 0.15) is 34.6 Å². The third-order valence-corrected chi connectivity index (χ3v) is 4.93. The van der Waals surface area contributed by atoms with Crippen molar-refractivity contribution in [2.24, 2.45) is 0 Å². The molecule has 2 aromatic carbocycles. The van der Waals surface area contributed by atoms with Gasteiger partial charge in [0, 0.05) is 35.6 Å². The van der Waals surface area contributed by atoms with Crippen molar-refractivity contribution in [2.45, 2.75) is 32.0 Å². The van der Waals surface area contributed by atoms with E-state index in [-0.39, 0.29) is 17.8 Å². The summed E-state index contributed by atoms with van der Waals surface area (Å²) < 4.78 is 15.2. The molecule has 0 bridgehead atoms. The van der Waals surface area contributed by atoms with Crippen LogP contribution in [0.15, 0.2) is 60.9 Å². The molecule has 4 nitrogen and oxygen atoms in total. The van der Waals surface area contributed by atoms with Gasteiger partial charge in [0.2, 0.25) is 0 Å². The normalized spacial score (nSPS) is 13.6. The van der Waals surface area contributed by atoms with Gasteiger partial charge in [-0.1, -0.05) is 23.7 Å². The first-order valence-electron chi connectivity index (χ1n) is 8.91. The van der Waals surface area contributed by atoms with Gasteiger partial charge in [-0.05, 0) is 54.8 Å². The molecule has 0 aliphatic heterocycles. The summed E-state index contributed by atoms with van der Waals surface area (Å²) in [6.45, 7) is 1.06. The number of benzene rings is 2. The Bertz CT molecular complexity index is 950. The SMILES string of the molecule is O=C(c1ccc(F)cc1)N(Cc1nccn1Cc1cccc(Cl)c1)C1CC1. The number of nitrogens with zero attached hydrogens (tertiary/aromatic N) is 3. The van der Waals surface area contributed by atoms with E-state index in [1.165, 1.54) is 24.3 Å². The topological polar surface area (TPSA) is 38.1 Å². The summed E-state index contributed by atoms with van der Waals surface area (Å²) in [5.74, 6) is 0.383. The van der Waals surface area contributed by atoms with Crippen molar-refractivity contribution in [3.8, 4) is 0 Å². The van der Waals surface area contributed by atoms with Crippen LogP contribution in [0.25, 0.3) is 0 Å². The number of carbonyl (C=O) groups excluding carboxylic acids is 1. The first kappa shape index (κ1) is 17.7. The fourth-order valence-corrected chi connectivity index (χ4v) is 3.34. The molecule has 1 amide bonds. The minimum absolute atomic E-state index is 0.0881. The van der Waals surface area contributed by atoms with Crippen molar-refractivity contribution in [1.29, 1.82) is 0 Å². The van der Waals surface area contributed by atoms with Crippen LogP contribution < -0.4 is 0 Å². The number of carbonyl (C=O) groups is 1. The average molecular weight is 384 g/mol. The Labute approximate surface area is 162 Å². The highest BCUT2D eigenvalue weighted by Crippen LogP contribution is 2.30. The third kappa shape index (κ3) is 4.19. The van der Waals surface area contributed by atoms with E-state index in [4.69, 9.17) is 11.6 Å². The molecule has 3 aromatic rings. The van der Waals surface area contributed by atoms with E-state index in [1.54, 1.807) is 6.20 Å². The zero-order valence-electron chi connectivity index (χ0n) is 14.7. The Morgan fingerprint density at radius 3 is 2.70 bits per heavy atom. The van der Waals surface area contributed by atoms with Crippen molar-refractivity contribution >= 4 is 17.5 Å². The van der Waals surface area contributed by atoms with Crippen LogP contribution in [0.4, 0.5) is 4.39 Å². The van der Waals surface area contributed by atoms with Crippen molar-refractivity contribution in [3.63, 3.8) is 0 Å². The molecule has 0 saturated heterocycles. The standard InChI is InChI=1S/C21H19ClFN3O/c22-17-3-1-2-15(12-17)13-25-11-10-24-20(25)14-26(19-8-9-19)21(27)16-4-6-18(23)7-5-16/h1-7,10-12,19H,8-9,13-14H2. The van der Waals surface area contributed by atoms with E-state index >= 15 is 0 Å². The number of halogens is 2. The van der Waals surface area contributed by atoms with E-state index in [0.29, 0.717) is 23.7 Å². The fraction of sp³-hybridized carbons (Fsp3) is 0.238. The van der Waals surface area contributed by atoms with Crippen LogP contribution >= 0.6 is 11.6 Å². The second-order valence-electron chi connectivity index (χ2n) is 6.77. The molecule has 1 fully saturated rings. The van der Waals surface area contributed by atoms with Gasteiger partial charge in [-0.15, -0.1) is 0 Å². The molecule has 1 heterocycles. The van der Waals surface area contributed by atoms with Gasteiger partial charge in [-0.2, -0.15) is 0 Å². The van der Waals surface area contributed by atoms with Crippen LogP contribution in [0.5, 0.6) is 0 Å². The fourth-order valence-electron chi connectivity index (χ4n) is 3.13. The molecule has 0 radical (unpaired) electrons. The second-order valence-corrected chi connectivity index (χ2v) is 7.21. The maximum atomic E-state index is 13.2. The van der Waals surface area contributed by atoms with Crippen molar-refractivity contribution in [2.75, 3.05) is 0 Å². The molecule has 138 valence electrons. The second kappa shape index (κ2) is 7.53. The summed E-state index contributed by atoms with van der Waals surface area (Å²) in [5.41, 5.74) is 1.57. The molecule has 6 heteroatoms. The lowest BCUT2D eigenvalue weighted by molar-refractivity contribution is 0.0723. The van der Waals surface area contributed by atoms with Crippen molar-refractivity contribution in [3.05, 3.63) is 88.7 Å². The largest absolute Gasteiger partial charge is 0.329 e. The Hall–Kier alpha value is -2.66. The van der Waals surface area contributed by atoms with E-state index in [1.807, 2.05) is 39.9 Å². The molecular weight excluding hydrogens is 365 g/mol. The molecule has 0 spiro atoms. The Morgan fingerprint density at radius 1 is 1.22 bits per heavy atom. The number of aromatic nitrogens is 2. The lowest BCUT2D eigenvalue weighted by Crippen LogP contribution is -2.33. The highest BCUT2D eigenvalue weighted by molar-refractivity contribution is 6.30. The summed E-state index contributed by atoms with van der Waals surface area (Å²) >= 11 is 6.07. The molecule has 1 saturated carbocycles. The Balaban J connectivity index is 1.54. The van der Waals surface area contributed by atoms with Gasteiger partial charge in [-0.25, -0.2) is 9.37 Å². The number of hydrogen-bond donors (Lipinski definition) is 0. The number of hydrogen-bond acceptors (Lipinski definition) is 2. The maximum Gasteiger partial charge on any atom is 0.254 e. The van der Waals surface area contributed by atoms with Gasteiger partial charge < -0.3 is 9.47 Å². The lowest BCUT2D eigenvalue weighted by Gasteiger charge is -2.23. The summed E-state index contributed by atoms with van der Waals surface area (Å²) in [7, 11) is 0. The number of rotatable bonds is 6. The first-order valence-corrected chi connectivity index (χ1v) is 9.29. The summed E-state index contributed by atoms with van der Waals surface area (Å²) in [5, 5.41) is 0.695. The van der Waals surface area contributed by atoms with E-state index in [0.717, 1.165) is 24.2 Å². The first-order chi connectivity index (χ1) is 13.1. The molecule has 0 atom stereocenters. The maximum absolute atomic E-state index is 13.2. The van der Waals surface area contributed by atoms with Gasteiger partial charge in [0.15, 0.2) is 0 Å². The predicted octanol–water partition coefficient (Wildman–Crippen LogP) is 4.53. The summed E-state index contributed by atoms with van der Waals surface area (Å²) in [6.07, 6.45) is 5.63. The summed E-state index contributed by atoms with van der Waals surface area (Å²) in [6, 6.07) is 13.6. The minimum atomic E-state index is -0.346. The van der Waals surface area contributed by atoms with Crippen LogP contribution in [-0.2, 0) is 13.1 Å². The van der Waals surface area contributed by atoms with Crippen molar-refractivity contribution in [1.82, 2.24) is 14.5 Å². The average Bonchev–Trinajstić information content (AvgIpc) is 3.41. The van der Waals surface area contributed by atoms with Crippen LogP contribution in [0, 0.1) is 5.82 Å². The summed E-state index contributed by atoms with van der Waals surface area (Å²) in [4.78, 5) is 19.2. The molecule has 0 N–H and O–H groups in total. The van der Waals surface area contributed by atoms with Crippen LogP contribution in [0.3, 0.4) is 0 Å². The van der Waals surface area contributed by atoms with Crippen molar-refractivity contribution < 1.29 is 9.18 Å². The third-order valence-electron chi connectivity index (χ3n) is 4.70. The highest BCUT2D eigenvalue weighted by Gasteiger charge is 2.33. The molecule has 1 aliphatic rings. The molecular formula is C21H19ClFN3O. The molecule has 27 heavy (non-hydrogen) atoms. The van der Waals surface area contributed by atoms with Gasteiger partial charge in [0.05, 0.1) is 6.54 Å². The minimum Gasteiger partial charge on any atom is -0.329 e. The zero-order chi connectivity index (χ0) is 18.8. The van der Waals surface area contributed by atoms with Crippen LogP contribution in [0.2, 0.25) is 5.02 Å². The quantitative estimate of drug-likeness (QED) is 0.627. The Morgan fingerprint density at radius 2 is 2.00 bits per heavy atom. The van der Waals surface area contributed by atoms with E-state index in [2.05, 4.69) is 4.98 Å². The number of imidazole rings is 1. The molecule has 1 aromatic heterocycles. The smallest absolute Gasteiger partial charge is 0.254 e. The molecule has 1 aliphatic carbocycles. The van der Waals surface area contributed by atoms with Crippen LogP contribution in [-0.4, -0.2) is 26.4 Å². The monoisotopic (exact) mass is 383 g/mol. The predicted molar refractivity (Wildman–Crippen MR) is 102 cm³/mol. The van der Waals surface area contributed by atoms with E-state index < -0.39 is 0 Å². The highest BCUT2D eigenvalue weighted by atomic mass is 35.5. The lowest BCUT2D eigenvalue weighted by atomic mass is 10.2. The Kier molecular flexibility index (Phi) is 4.94. The molecule has 0 unspecified atom stereocenters. The molecule has 4 rings (SSSR count). The van der Waals surface area contributed by atoms with E-state index in [9.17, 15) is 9.18 Å². The van der Waals surface area contributed by atoms with Gasteiger partial charge in [-0.3, -0.25) is 4.79 Å². The zero-order valence-corrected chi connectivity index (χ0v) is 15.4. The number of amides is 1. The van der Waals surface area contributed by atoms with Gasteiger partial charge >= 0.3 is 0 Å². The van der Waals surface area contributed by atoms with Gasteiger partial charge in [0.25, 0.3) is 5.91 Å². The van der Waals surface area contributed by atoms with Gasteiger partial charge in [0.1, 0.15) is 11.6 Å².